The average Bonchev–Trinajstić information content (AvgIpc) is 2.89. The van der Waals surface area contributed by atoms with Crippen molar-refractivity contribution in [3.05, 3.63) is 47.2 Å². The number of rotatable bonds is 7. The molecule has 2 aromatic rings. The molecule has 1 heterocycles. The Hall–Kier alpha value is -1.81. The van der Waals surface area contributed by atoms with Crippen LogP contribution in [0.1, 0.15) is 36.6 Å². The fourth-order valence-electron chi connectivity index (χ4n) is 2.05. The zero-order valence-corrected chi connectivity index (χ0v) is 12.4. The topological polar surface area (TPSA) is 49.9 Å². The van der Waals surface area contributed by atoms with Crippen LogP contribution in [0, 0.1) is 6.92 Å². The summed E-state index contributed by atoms with van der Waals surface area (Å²) in [6, 6.07) is 10.5. The molecule has 0 bridgehead atoms. The molecule has 4 nitrogen and oxygen atoms in total. The average molecular weight is 273 g/mol. The minimum atomic E-state index is 0.527. The van der Waals surface area contributed by atoms with Crippen LogP contribution in [0.15, 0.2) is 30.3 Å². The summed E-state index contributed by atoms with van der Waals surface area (Å²) < 4.78 is 5.62. The van der Waals surface area contributed by atoms with E-state index in [1.807, 2.05) is 13.0 Å². The number of nitrogens with zero attached hydrogens (tertiary/aromatic N) is 1. The molecule has 1 aromatic carbocycles. The Morgan fingerprint density at radius 1 is 1.30 bits per heavy atom. The lowest BCUT2D eigenvalue weighted by molar-refractivity contribution is 0.293. The molecule has 0 saturated carbocycles. The van der Waals surface area contributed by atoms with E-state index in [1.54, 1.807) is 0 Å². The van der Waals surface area contributed by atoms with Gasteiger partial charge in [-0.2, -0.15) is 0 Å². The van der Waals surface area contributed by atoms with E-state index in [2.05, 4.69) is 53.6 Å². The molecule has 0 amide bonds. The van der Waals surface area contributed by atoms with Crippen molar-refractivity contribution in [1.29, 1.82) is 0 Å². The minimum Gasteiger partial charge on any atom is -0.472 e. The summed E-state index contributed by atoms with van der Waals surface area (Å²) in [5.41, 5.74) is 3.52. The molecule has 2 N–H and O–H groups in total. The van der Waals surface area contributed by atoms with E-state index in [9.17, 15) is 0 Å². The Labute approximate surface area is 120 Å². The number of H-pyrrole nitrogens is 1. The van der Waals surface area contributed by atoms with Crippen LogP contribution in [0.3, 0.4) is 0 Å². The molecule has 0 radical (unpaired) electrons. The van der Waals surface area contributed by atoms with Gasteiger partial charge in [0.1, 0.15) is 6.61 Å². The van der Waals surface area contributed by atoms with Crippen LogP contribution < -0.4 is 10.1 Å². The van der Waals surface area contributed by atoms with Gasteiger partial charge in [-0.05, 0) is 30.5 Å². The van der Waals surface area contributed by atoms with Crippen molar-refractivity contribution in [3.8, 4) is 5.88 Å². The van der Waals surface area contributed by atoms with Gasteiger partial charge in [-0.3, -0.25) is 5.10 Å². The maximum absolute atomic E-state index is 5.62. The van der Waals surface area contributed by atoms with Gasteiger partial charge in [0, 0.05) is 18.3 Å². The summed E-state index contributed by atoms with van der Waals surface area (Å²) in [5, 5.41) is 10.3. The van der Waals surface area contributed by atoms with E-state index in [1.165, 1.54) is 5.56 Å². The largest absolute Gasteiger partial charge is 0.472 e. The van der Waals surface area contributed by atoms with Gasteiger partial charge in [0.25, 0.3) is 0 Å². The number of nitrogens with one attached hydrogen (secondary N) is 2. The predicted octanol–water partition coefficient (Wildman–Crippen LogP) is 3.01. The van der Waals surface area contributed by atoms with Gasteiger partial charge in [-0.1, -0.05) is 38.1 Å². The highest BCUT2D eigenvalue weighted by molar-refractivity contribution is 5.25. The third-order valence-electron chi connectivity index (χ3n) is 3.32. The van der Waals surface area contributed by atoms with Crippen molar-refractivity contribution in [3.63, 3.8) is 0 Å². The fraction of sp³-hybridized carbons (Fsp3) is 0.438. The first-order valence-electron chi connectivity index (χ1n) is 7.13. The molecule has 2 rings (SSSR count). The fourth-order valence-corrected chi connectivity index (χ4v) is 2.05. The Morgan fingerprint density at radius 3 is 2.65 bits per heavy atom. The number of ether oxygens (including phenoxy) is 1. The van der Waals surface area contributed by atoms with Gasteiger partial charge in [0.05, 0.1) is 0 Å². The van der Waals surface area contributed by atoms with E-state index in [4.69, 9.17) is 4.74 Å². The van der Waals surface area contributed by atoms with Gasteiger partial charge < -0.3 is 10.1 Å². The number of hydrogen-bond acceptors (Lipinski definition) is 3. The third kappa shape index (κ3) is 4.10. The van der Waals surface area contributed by atoms with Crippen molar-refractivity contribution in [2.45, 2.75) is 33.3 Å². The second-order valence-corrected chi connectivity index (χ2v) is 5.13. The second kappa shape index (κ2) is 7.10. The first-order chi connectivity index (χ1) is 9.69. The van der Waals surface area contributed by atoms with Crippen LogP contribution in [-0.4, -0.2) is 23.3 Å². The van der Waals surface area contributed by atoms with E-state index < -0.39 is 0 Å². The van der Waals surface area contributed by atoms with E-state index in [0.29, 0.717) is 18.4 Å². The van der Waals surface area contributed by atoms with Crippen molar-refractivity contribution in [2.75, 3.05) is 13.1 Å². The lowest BCUT2D eigenvalue weighted by Crippen LogP contribution is -2.19. The molecule has 0 saturated heterocycles. The molecule has 20 heavy (non-hydrogen) atoms. The van der Waals surface area contributed by atoms with Crippen molar-refractivity contribution < 1.29 is 4.74 Å². The Kier molecular flexibility index (Phi) is 5.18. The Bertz CT molecular complexity index is 519. The summed E-state index contributed by atoms with van der Waals surface area (Å²) in [6.07, 6.45) is 0. The van der Waals surface area contributed by atoms with E-state index in [-0.39, 0.29) is 0 Å². The van der Waals surface area contributed by atoms with Gasteiger partial charge in [0.15, 0.2) is 0 Å². The summed E-state index contributed by atoms with van der Waals surface area (Å²) in [4.78, 5) is 0. The number of aromatic amines is 1. The zero-order chi connectivity index (χ0) is 14.4. The summed E-state index contributed by atoms with van der Waals surface area (Å²) >= 11 is 0. The Balaban J connectivity index is 1.87. The Morgan fingerprint density at radius 2 is 2.05 bits per heavy atom. The number of benzene rings is 1. The van der Waals surface area contributed by atoms with Crippen LogP contribution in [0.2, 0.25) is 0 Å². The van der Waals surface area contributed by atoms with Gasteiger partial charge in [-0.25, -0.2) is 0 Å². The lowest BCUT2D eigenvalue weighted by Gasteiger charge is -2.12. The van der Waals surface area contributed by atoms with Crippen LogP contribution in [0.4, 0.5) is 0 Å². The normalized spacial score (nSPS) is 12.3. The monoisotopic (exact) mass is 273 g/mol. The van der Waals surface area contributed by atoms with Gasteiger partial charge in [-0.15, -0.1) is 5.10 Å². The molecule has 1 unspecified atom stereocenters. The van der Waals surface area contributed by atoms with Crippen LogP contribution in [0.25, 0.3) is 0 Å². The SMILES string of the molecule is CCNCC(C)c1ccc(COc2cc(C)[nH]n2)cc1. The molecule has 0 aliphatic heterocycles. The number of aryl methyl sites for hydroxylation is 1. The third-order valence-corrected chi connectivity index (χ3v) is 3.32. The highest BCUT2D eigenvalue weighted by Gasteiger charge is 2.05. The minimum absolute atomic E-state index is 0.527. The first kappa shape index (κ1) is 14.6. The maximum atomic E-state index is 5.62. The first-order valence-corrected chi connectivity index (χ1v) is 7.13. The molecule has 1 aromatic heterocycles. The van der Waals surface area contributed by atoms with Crippen molar-refractivity contribution >= 4 is 0 Å². The molecule has 1 atom stereocenters. The molecule has 4 heteroatoms. The number of aromatic nitrogens is 2. The van der Waals surface area contributed by atoms with Crippen LogP contribution >= 0.6 is 0 Å². The van der Waals surface area contributed by atoms with Crippen molar-refractivity contribution in [2.24, 2.45) is 0 Å². The second-order valence-electron chi connectivity index (χ2n) is 5.13. The quantitative estimate of drug-likeness (QED) is 0.815. The number of likely N-dealkylation sites (N-methyl/N-ethyl adjacent to an activating group) is 1. The van der Waals surface area contributed by atoms with Gasteiger partial charge in [0.2, 0.25) is 5.88 Å². The van der Waals surface area contributed by atoms with Crippen molar-refractivity contribution in [1.82, 2.24) is 15.5 Å². The van der Waals surface area contributed by atoms with Crippen LogP contribution in [-0.2, 0) is 6.61 Å². The molecule has 108 valence electrons. The molecular formula is C16H23N3O. The summed E-state index contributed by atoms with van der Waals surface area (Å²) in [7, 11) is 0. The van der Waals surface area contributed by atoms with Crippen LogP contribution in [0.5, 0.6) is 5.88 Å². The summed E-state index contributed by atoms with van der Waals surface area (Å²) in [5.74, 6) is 1.17. The highest BCUT2D eigenvalue weighted by Crippen LogP contribution is 2.16. The number of hydrogen-bond donors (Lipinski definition) is 2. The lowest BCUT2D eigenvalue weighted by atomic mass is 10.00. The molecule has 0 aliphatic rings. The molecule has 0 fully saturated rings. The van der Waals surface area contributed by atoms with E-state index in [0.717, 1.165) is 24.3 Å². The zero-order valence-electron chi connectivity index (χ0n) is 12.4. The highest BCUT2D eigenvalue weighted by atomic mass is 16.5. The van der Waals surface area contributed by atoms with E-state index >= 15 is 0 Å². The standard InChI is InChI=1S/C16H23N3O/c1-4-17-10-12(2)15-7-5-14(6-8-15)11-20-16-9-13(3)18-19-16/h5-9,12,17H,4,10-11H2,1-3H3,(H,18,19). The maximum Gasteiger partial charge on any atom is 0.233 e. The smallest absolute Gasteiger partial charge is 0.233 e. The predicted molar refractivity (Wildman–Crippen MR) is 81.1 cm³/mol. The molecule has 0 spiro atoms. The molecular weight excluding hydrogens is 250 g/mol. The van der Waals surface area contributed by atoms with Gasteiger partial charge >= 0.3 is 0 Å². The molecule has 0 aliphatic carbocycles. The summed E-state index contributed by atoms with van der Waals surface area (Å²) in [6.45, 7) is 8.90.